The second-order valence-corrected chi connectivity index (χ2v) is 1.68. The molecule has 0 unspecified atom stereocenters. The van der Waals surface area contributed by atoms with Crippen molar-refractivity contribution in [3.8, 4) is 0 Å². The number of carbonyl (C=O) groups is 2. The number of hydrogen-bond acceptors (Lipinski definition) is 3. The van der Waals surface area contributed by atoms with Gasteiger partial charge in [0, 0.05) is 0 Å². The van der Waals surface area contributed by atoms with Crippen LogP contribution in [0.1, 0.15) is 6.92 Å². The highest BCUT2D eigenvalue weighted by atomic mass is 16.4. The Kier molecular flexibility index (Phi) is 2.87. The van der Waals surface area contributed by atoms with Gasteiger partial charge in [0.2, 0.25) is 0 Å². The van der Waals surface area contributed by atoms with Gasteiger partial charge in [-0.2, -0.15) is 0 Å². The smallest absolute Gasteiger partial charge is 0.313 e. The molecule has 4 heteroatoms. The molecule has 0 saturated heterocycles. The van der Waals surface area contributed by atoms with E-state index in [-0.39, 0.29) is 0 Å². The second kappa shape index (κ2) is 3.19. The number of ketones is 1. The van der Waals surface area contributed by atoms with Crippen molar-refractivity contribution in [2.45, 2.75) is 6.92 Å². The maximum Gasteiger partial charge on any atom is 0.313 e. The Morgan fingerprint density at radius 1 is 1.56 bits per heavy atom. The third-order valence-corrected chi connectivity index (χ3v) is 1.01. The third kappa shape index (κ3) is 2.23. The van der Waals surface area contributed by atoms with Crippen LogP contribution in [0.15, 0.2) is 0 Å². The Bertz CT molecular complexity index is 129. The van der Waals surface area contributed by atoms with Crippen LogP contribution in [-0.4, -0.2) is 28.6 Å². The van der Waals surface area contributed by atoms with Gasteiger partial charge in [-0.25, -0.2) is 0 Å². The number of aliphatic hydroxyl groups excluding tert-OH is 1. The molecule has 0 aliphatic carbocycles. The minimum Gasteiger partial charge on any atom is -0.481 e. The average molecular weight is 132 g/mol. The van der Waals surface area contributed by atoms with Crippen LogP contribution in [0.5, 0.6) is 0 Å². The number of aliphatic hydroxyl groups is 1. The van der Waals surface area contributed by atoms with E-state index in [1.165, 1.54) is 6.92 Å². The predicted molar refractivity (Wildman–Crippen MR) is 28.9 cm³/mol. The van der Waals surface area contributed by atoms with E-state index in [0.29, 0.717) is 0 Å². The van der Waals surface area contributed by atoms with Gasteiger partial charge in [0.1, 0.15) is 12.5 Å². The highest BCUT2D eigenvalue weighted by Gasteiger charge is 2.18. The normalized spacial score (nSPS) is 12.7. The van der Waals surface area contributed by atoms with E-state index in [9.17, 15) is 9.59 Å². The number of aliphatic carboxylic acids is 1. The van der Waals surface area contributed by atoms with Crippen molar-refractivity contribution in [3.05, 3.63) is 0 Å². The summed E-state index contributed by atoms with van der Waals surface area (Å²) in [5, 5.41) is 16.3. The molecule has 0 heterocycles. The third-order valence-electron chi connectivity index (χ3n) is 1.01. The first-order chi connectivity index (χ1) is 4.09. The van der Waals surface area contributed by atoms with Crippen LogP contribution >= 0.6 is 0 Å². The van der Waals surface area contributed by atoms with Crippen molar-refractivity contribution in [2.24, 2.45) is 5.92 Å². The lowest BCUT2D eigenvalue weighted by atomic mass is 10.1. The van der Waals surface area contributed by atoms with Gasteiger partial charge in [-0.05, 0) is 6.92 Å². The zero-order chi connectivity index (χ0) is 7.44. The Balaban J connectivity index is 3.88. The van der Waals surface area contributed by atoms with Crippen LogP contribution in [0, 0.1) is 5.92 Å². The quantitative estimate of drug-likeness (QED) is 0.496. The summed E-state index contributed by atoms with van der Waals surface area (Å²) in [6.07, 6.45) is 0. The average Bonchev–Trinajstić information content (AvgIpc) is 1.84. The number of carboxylic acids is 1. The van der Waals surface area contributed by atoms with Gasteiger partial charge in [0.25, 0.3) is 0 Å². The zero-order valence-electron chi connectivity index (χ0n) is 5.00. The summed E-state index contributed by atoms with van der Waals surface area (Å²) in [7, 11) is 0. The zero-order valence-corrected chi connectivity index (χ0v) is 5.00. The number of Topliss-reactive ketones (excluding diaryl/α,β-unsaturated/α-hetero) is 1. The summed E-state index contributed by atoms with van der Waals surface area (Å²) >= 11 is 0. The molecule has 0 spiro atoms. The summed E-state index contributed by atoms with van der Waals surface area (Å²) in [6, 6.07) is 0. The van der Waals surface area contributed by atoms with E-state index in [4.69, 9.17) is 10.2 Å². The lowest BCUT2D eigenvalue weighted by Crippen LogP contribution is -2.22. The fraction of sp³-hybridized carbons (Fsp3) is 0.600. The Morgan fingerprint density at radius 2 is 2.00 bits per heavy atom. The number of carboxylic acid groups (broad SMARTS) is 1. The molecule has 52 valence electrons. The molecule has 0 fully saturated rings. The standard InChI is InChI=1S/C5H8O4/c1-3(5(8)9)4(7)2-6/h3,6H,2H2,1H3,(H,8,9)/t3-/m0/s1. The molecular formula is C5H8O4. The molecule has 0 aromatic heterocycles. The first kappa shape index (κ1) is 8.10. The number of carbonyl (C=O) groups excluding carboxylic acids is 1. The first-order valence-electron chi connectivity index (χ1n) is 2.46. The van der Waals surface area contributed by atoms with Crippen molar-refractivity contribution < 1.29 is 19.8 Å². The van der Waals surface area contributed by atoms with Crippen molar-refractivity contribution in [3.63, 3.8) is 0 Å². The van der Waals surface area contributed by atoms with Crippen LogP contribution in [-0.2, 0) is 9.59 Å². The molecule has 0 rings (SSSR count). The van der Waals surface area contributed by atoms with Gasteiger partial charge in [-0.1, -0.05) is 0 Å². The largest absolute Gasteiger partial charge is 0.481 e. The summed E-state index contributed by atoms with van der Waals surface area (Å²) in [5.74, 6) is -2.95. The van der Waals surface area contributed by atoms with Crippen LogP contribution < -0.4 is 0 Å². The van der Waals surface area contributed by atoms with Crippen LogP contribution in [0.4, 0.5) is 0 Å². The summed E-state index contributed by atoms with van der Waals surface area (Å²) in [5.41, 5.74) is 0. The monoisotopic (exact) mass is 132 g/mol. The van der Waals surface area contributed by atoms with Crippen LogP contribution in [0.3, 0.4) is 0 Å². The molecule has 0 aliphatic rings. The molecule has 0 bridgehead atoms. The van der Waals surface area contributed by atoms with Crippen molar-refractivity contribution in [2.75, 3.05) is 6.61 Å². The van der Waals surface area contributed by atoms with Gasteiger partial charge in [0.05, 0.1) is 0 Å². The SMILES string of the molecule is C[C@H](C(=O)O)C(=O)CO. The molecule has 2 N–H and O–H groups in total. The van der Waals surface area contributed by atoms with Gasteiger partial charge < -0.3 is 10.2 Å². The van der Waals surface area contributed by atoms with Crippen molar-refractivity contribution >= 4 is 11.8 Å². The van der Waals surface area contributed by atoms with Crippen LogP contribution in [0.2, 0.25) is 0 Å². The summed E-state index contributed by atoms with van der Waals surface area (Å²) in [4.78, 5) is 20.3. The summed E-state index contributed by atoms with van der Waals surface area (Å²) in [6.45, 7) is 0.536. The highest BCUT2D eigenvalue weighted by molar-refractivity contribution is 5.98. The van der Waals surface area contributed by atoms with E-state index in [1.807, 2.05) is 0 Å². The lowest BCUT2D eigenvalue weighted by molar-refractivity contribution is -0.146. The maximum absolute atomic E-state index is 10.3. The first-order valence-corrected chi connectivity index (χ1v) is 2.46. The van der Waals surface area contributed by atoms with E-state index < -0.39 is 24.3 Å². The second-order valence-electron chi connectivity index (χ2n) is 1.68. The van der Waals surface area contributed by atoms with Crippen LogP contribution in [0.25, 0.3) is 0 Å². The van der Waals surface area contributed by atoms with E-state index in [1.54, 1.807) is 0 Å². The van der Waals surface area contributed by atoms with Gasteiger partial charge in [-0.15, -0.1) is 0 Å². The highest BCUT2D eigenvalue weighted by Crippen LogP contribution is 1.94. The Hall–Kier alpha value is -0.900. The maximum atomic E-state index is 10.3. The molecule has 4 nitrogen and oxygen atoms in total. The molecule has 1 atom stereocenters. The molecule has 0 saturated carbocycles. The van der Waals surface area contributed by atoms with Gasteiger partial charge in [0.15, 0.2) is 5.78 Å². The molecule has 0 aromatic rings. The Labute approximate surface area is 52.1 Å². The van der Waals surface area contributed by atoms with Crippen molar-refractivity contribution in [1.82, 2.24) is 0 Å². The molecular weight excluding hydrogens is 124 g/mol. The van der Waals surface area contributed by atoms with E-state index >= 15 is 0 Å². The molecule has 0 radical (unpaired) electrons. The molecule has 0 aromatic carbocycles. The fourth-order valence-corrected chi connectivity index (χ4v) is 0.275. The van der Waals surface area contributed by atoms with E-state index in [2.05, 4.69) is 0 Å². The number of rotatable bonds is 3. The van der Waals surface area contributed by atoms with Gasteiger partial charge in [-0.3, -0.25) is 9.59 Å². The van der Waals surface area contributed by atoms with E-state index in [0.717, 1.165) is 0 Å². The fourth-order valence-electron chi connectivity index (χ4n) is 0.275. The molecule has 0 aliphatic heterocycles. The minimum absolute atomic E-state index is 0.664. The Morgan fingerprint density at radius 3 is 2.11 bits per heavy atom. The van der Waals surface area contributed by atoms with Gasteiger partial charge >= 0.3 is 5.97 Å². The summed E-state index contributed by atoms with van der Waals surface area (Å²) < 4.78 is 0. The van der Waals surface area contributed by atoms with Crippen molar-refractivity contribution in [1.29, 1.82) is 0 Å². The molecule has 9 heavy (non-hydrogen) atoms. The molecule has 0 amide bonds. The predicted octanol–water partition coefficient (Wildman–Crippen LogP) is -0.732. The topological polar surface area (TPSA) is 74.6 Å². The number of hydrogen-bond donors (Lipinski definition) is 2. The minimum atomic E-state index is -1.20. The lowest BCUT2D eigenvalue weighted by Gasteiger charge is -1.99.